The Labute approximate surface area is 328 Å². The molecule has 0 fully saturated rings. The number of nitrogens with two attached hydrogens (primary N) is 1. The van der Waals surface area contributed by atoms with Gasteiger partial charge in [-0.05, 0) is 19.8 Å². The van der Waals surface area contributed by atoms with Crippen molar-refractivity contribution in [3.8, 4) is 11.3 Å². The number of rotatable bonds is 18. The molecule has 0 aromatic carbocycles. The van der Waals surface area contributed by atoms with E-state index >= 15 is 0 Å². The molecule has 0 spiro atoms. The van der Waals surface area contributed by atoms with Gasteiger partial charge in [-0.3, -0.25) is 30.2 Å². The van der Waals surface area contributed by atoms with Crippen LogP contribution < -0.4 is 36.7 Å². The Morgan fingerprint density at radius 1 is 1.24 bits per heavy atom. The minimum atomic E-state index is -4.79. The molecule has 1 aliphatic rings. The minimum Gasteiger partial charge on any atom is -0.480 e. The Bertz CT molecular complexity index is 2010. The summed E-state index contributed by atoms with van der Waals surface area (Å²) in [6, 6.07) is 1.06. The van der Waals surface area contributed by atoms with Crippen LogP contribution in [0, 0.1) is 5.41 Å². The maximum Gasteiger partial charge on any atom is 0.429 e. The predicted molar refractivity (Wildman–Crippen MR) is 203 cm³/mol. The van der Waals surface area contributed by atoms with E-state index in [0.717, 1.165) is 29.1 Å². The molecule has 55 heavy (non-hydrogen) atoms. The number of amides is 2. The van der Waals surface area contributed by atoms with Gasteiger partial charge < -0.3 is 46.5 Å². The number of carboxylic acid groups (broad SMARTS) is 2. The highest BCUT2D eigenvalue weighted by Gasteiger charge is 2.38. The zero-order valence-electron chi connectivity index (χ0n) is 28.8. The van der Waals surface area contributed by atoms with Crippen molar-refractivity contribution in [2.75, 3.05) is 24.0 Å². The average Bonchev–Trinajstić information content (AvgIpc) is 3.78. The van der Waals surface area contributed by atoms with Gasteiger partial charge in [0.25, 0.3) is 11.8 Å². The number of guanidine groups is 1. The van der Waals surface area contributed by atoms with Crippen molar-refractivity contribution >= 4 is 94.7 Å². The zero-order valence-corrected chi connectivity index (χ0v) is 32.9. The molecule has 12 N–H and O–H groups in total. The number of oxime groups is 1. The van der Waals surface area contributed by atoms with Gasteiger partial charge >= 0.3 is 19.7 Å². The predicted octanol–water partition coefficient (Wildman–Crippen LogP) is -0.200. The van der Waals surface area contributed by atoms with Crippen LogP contribution in [-0.4, -0.2) is 106 Å². The van der Waals surface area contributed by atoms with Crippen LogP contribution in [0.15, 0.2) is 50.0 Å². The number of nitrogens with zero attached hydrogens (tertiary/aromatic N) is 5. The molecule has 22 nitrogen and oxygen atoms in total. The molecule has 0 radical (unpaired) electrons. The van der Waals surface area contributed by atoms with E-state index in [0.29, 0.717) is 26.5 Å². The van der Waals surface area contributed by atoms with E-state index in [1.807, 2.05) is 46.6 Å². The van der Waals surface area contributed by atoms with Gasteiger partial charge in [-0.1, -0.05) is 16.9 Å². The number of nitrogens with one attached hydrogen (secondary N) is 6. The number of anilines is 1. The number of hydrogen-bond acceptors (Lipinski definition) is 17. The molecule has 2 amide bonds. The molecule has 0 saturated carbocycles. The van der Waals surface area contributed by atoms with Crippen LogP contribution in [0.3, 0.4) is 0 Å². The summed E-state index contributed by atoms with van der Waals surface area (Å²) in [6.45, 7) is 1.61. The van der Waals surface area contributed by atoms with E-state index in [1.54, 1.807) is 6.92 Å². The van der Waals surface area contributed by atoms with Gasteiger partial charge in [0, 0.05) is 51.8 Å². The SMILES string of the molecule is CCO/N=C(\C(=O)N[C@H](C(=O)NC(=N)NCCC[C@@H](N)C(=O)O)[C@@H]1NC(C(=O)O)=C(Sc2nc(-c3cc[n+](C)cc3)cs2)CS1)c1nsc(NP(=O)(O)O)n1. The third-order valence-electron chi connectivity index (χ3n) is 6.95. The Morgan fingerprint density at radius 2 is 1.96 bits per heavy atom. The third-order valence-corrected chi connectivity index (χ3v) is 11.7. The van der Waals surface area contributed by atoms with E-state index in [-0.39, 0.29) is 42.6 Å². The lowest BCUT2D eigenvalue weighted by atomic mass is 10.2. The number of aromatic nitrogens is 4. The molecule has 4 heterocycles. The molecule has 0 unspecified atom stereocenters. The lowest BCUT2D eigenvalue weighted by Gasteiger charge is -2.32. The summed E-state index contributed by atoms with van der Waals surface area (Å²) >= 11 is 4.02. The van der Waals surface area contributed by atoms with Crippen LogP contribution in [0.2, 0.25) is 0 Å². The van der Waals surface area contributed by atoms with Crippen LogP contribution >= 0.6 is 54.1 Å². The highest BCUT2D eigenvalue weighted by Crippen LogP contribution is 2.39. The largest absolute Gasteiger partial charge is 0.480 e. The number of carboxylic acids is 2. The van der Waals surface area contributed by atoms with Crippen molar-refractivity contribution < 1.29 is 53.1 Å². The standard InChI is InChI=1S/C28H35N12O10PS4/c1-3-50-37-18(20-35-27(55-39-20)38-51(47,48)49)21(41)33-19(22(42)36-26(30)31-8-4-5-14(29)24(43)44)23-34-17(25(45)46)16(12-52-23)54-28-32-15(11-53-28)13-6-9-40(2)10-7-13/h6-7,9-11,14,19,23,34H,3-5,8,12,29H2,1-2H3,(H8-,30,31,33,35,36,38,39,41,42,43,44,45,46,47,48,49)/p+1/b37-18-/t14-,19-,23-/m1/s1. The van der Waals surface area contributed by atoms with Crippen molar-refractivity contribution in [3.63, 3.8) is 0 Å². The number of carbonyl (C=O) groups is 4. The van der Waals surface area contributed by atoms with Gasteiger partial charge in [0.05, 0.1) is 5.69 Å². The third kappa shape index (κ3) is 13.0. The summed E-state index contributed by atoms with van der Waals surface area (Å²) in [5.41, 5.74) is 6.23. The molecular weight excluding hydrogens is 824 g/mol. The number of hydrogen-bond donors (Lipinski definition) is 11. The van der Waals surface area contributed by atoms with Crippen LogP contribution in [0.5, 0.6) is 0 Å². The fraction of sp³-hybridized carbons (Fsp3) is 0.357. The first-order valence-electron chi connectivity index (χ1n) is 15.8. The van der Waals surface area contributed by atoms with Gasteiger partial charge in [0.15, 0.2) is 22.7 Å². The summed E-state index contributed by atoms with van der Waals surface area (Å²) in [5.74, 6) is -5.47. The van der Waals surface area contributed by atoms with Gasteiger partial charge in [0.2, 0.25) is 16.7 Å². The van der Waals surface area contributed by atoms with E-state index in [2.05, 4.69) is 40.8 Å². The highest BCUT2D eigenvalue weighted by molar-refractivity contribution is 8.07. The quantitative estimate of drug-likeness (QED) is 0.0197. The summed E-state index contributed by atoms with van der Waals surface area (Å²) in [7, 11) is -2.90. The van der Waals surface area contributed by atoms with Crippen molar-refractivity contribution in [2.24, 2.45) is 17.9 Å². The number of carbonyl (C=O) groups excluding carboxylic acids is 2. The highest BCUT2D eigenvalue weighted by atomic mass is 32.2. The van der Waals surface area contributed by atoms with Gasteiger partial charge in [-0.25, -0.2) is 18.9 Å². The molecule has 3 aromatic rings. The molecule has 27 heteroatoms. The van der Waals surface area contributed by atoms with Crippen molar-refractivity contribution in [1.29, 1.82) is 5.41 Å². The Kier molecular flexibility index (Phi) is 15.5. The Morgan fingerprint density at radius 3 is 2.62 bits per heavy atom. The first kappa shape index (κ1) is 43.0. The second-order valence-corrected chi connectivity index (χ2v) is 16.5. The minimum absolute atomic E-state index is 0.0173. The molecule has 0 bridgehead atoms. The smallest absolute Gasteiger partial charge is 0.429 e. The monoisotopic (exact) mass is 859 g/mol. The molecule has 3 aromatic heterocycles. The second kappa shape index (κ2) is 19.8. The van der Waals surface area contributed by atoms with E-state index < -0.39 is 66.5 Å². The van der Waals surface area contributed by atoms with E-state index in [9.17, 15) is 38.6 Å². The Hall–Kier alpha value is -4.69. The van der Waals surface area contributed by atoms with Crippen LogP contribution in [0.1, 0.15) is 25.6 Å². The molecule has 3 atom stereocenters. The average molecular weight is 860 g/mol. The normalized spacial score (nSPS) is 15.7. The van der Waals surface area contributed by atoms with Crippen molar-refractivity contribution in [2.45, 2.75) is 41.6 Å². The first-order chi connectivity index (χ1) is 26.0. The molecule has 0 saturated heterocycles. The number of pyridine rings is 1. The molecule has 4 rings (SSSR count). The summed E-state index contributed by atoms with van der Waals surface area (Å²) in [5, 5.41) is 43.5. The molecule has 0 aliphatic carbocycles. The van der Waals surface area contributed by atoms with E-state index in [1.165, 1.54) is 11.3 Å². The molecular formula is C28H36N12O10PS4+. The van der Waals surface area contributed by atoms with Gasteiger partial charge in [-0.2, -0.15) is 9.36 Å². The van der Waals surface area contributed by atoms with Gasteiger partial charge in [-0.15, -0.1) is 23.1 Å². The Balaban J connectivity index is 1.58. The lowest BCUT2D eigenvalue weighted by molar-refractivity contribution is -0.671. The maximum absolute atomic E-state index is 13.7. The lowest BCUT2D eigenvalue weighted by Crippen LogP contribution is -2.60. The number of thiazole rings is 1. The first-order valence-corrected chi connectivity index (χ1v) is 20.9. The molecule has 1 aliphatic heterocycles. The summed E-state index contributed by atoms with van der Waals surface area (Å²) in [4.78, 5) is 83.4. The fourth-order valence-electron chi connectivity index (χ4n) is 4.35. The van der Waals surface area contributed by atoms with Crippen molar-refractivity contribution in [3.05, 3.63) is 46.3 Å². The van der Waals surface area contributed by atoms with Crippen LogP contribution in [0.25, 0.3) is 11.3 Å². The zero-order chi connectivity index (χ0) is 40.3. The van der Waals surface area contributed by atoms with Gasteiger partial charge in [0.1, 0.15) is 36.8 Å². The van der Waals surface area contributed by atoms with Crippen LogP contribution in [-0.2, 0) is 35.6 Å². The molecule has 296 valence electrons. The van der Waals surface area contributed by atoms with E-state index in [4.69, 9.17) is 21.1 Å². The summed E-state index contributed by atoms with van der Waals surface area (Å²) < 4.78 is 17.8. The van der Waals surface area contributed by atoms with Crippen molar-refractivity contribution in [1.82, 2.24) is 35.6 Å². The number of aryl methyl sites for hydroxylation is 1. The van der Waals surface area contributed by atoms with Crippen LogP contribution in [0.4, 0.5) is 5.13 Å². The fourth-order valence-corrected chi connectivity index (χ4v) is 8.89. The topological polar surface area (TPSA) is 340 Å². The summed E-state index contributed by atoms with van der Waals surface area (Å²) in [6.07, 6.45) is 4.06. The number of aliphatic carboxylic acids is 2. The second-order valence-electron chi connectivity index (χ2n) is 11.1. The number of thioether (sulfide) groups is 2. The maximum atomic E-state index is 13.7.